The number of aryl methyl sites for hydroxylation is 1. The first kappa shape index (κ1) is 15.6. The van der Waals surface area contributed by atoms with Crippen LogP contribution in [0.4, 0.5) is 10.5 Å². The van der Waals surface area contributed by atoms with Crippen molar-refractivity contribution in [3.8, 4) is 11.4 Å². The Morgan fingerprint density at radius 2 is 1.84 bits per heavy atom. The van der Waals surface area contributed by atoms with Crippen molar-refractivity contribution in [2.75, 3.05) is 18.4 Å². The minimum absolute atomic E-state index is 0.0662. The molecule has 5 heteroatoms. The lowest BCUT2D eigenvalue weighted by Gasteiger charge is -2.18. The fourth-order valence-electron chi connectivity index (χ4n) is 3.20. The molecule has 0 unspecified atom stereocenters. The van der Waals surface area contributed by atoms with Gasteiger partial charge in [0.15, 0.2) is 0 Å². The molecular weight excluding hydrogens is 312 g/mol. The van der Waals surface area contributed by atoms with E-state index in [1.165, 1.54) is 0 Å². The second-order valence-corrected chi connectivity index (χ2v) is 6.37. The lowest BCUT2D eigenvalue weighted by atomic mass is 10.1. The summed E-state index contributed by atoms with van der Waals surface area (Å²) in [7, 11) is 0. The molecule has 0 radical (unpaired) electrons. The van der Waals surface area contributed by atoms with Crippen LogP contribution in [0.15, 0.2) is 48.5 Å². The second kappa shape index (κ2) is 6.51. The first-order valence-corrected chi connectivity index (χ1v) is 8.60. The van der Waals surface area contributed by atoms with E-state index in [9.17, 15) is 4.79 Å². The largest absolute Gasteiger partial charge is 0.325 e. The molecule has 4 rings (SSSR count). The molecule has 0 bridgehead atoms. The summed E-state index contributed by atoms with van der Waals surface area (Å²) in [5, 5.41) is 4.04. The number of benzene rings is 1. The molecule has 1 N–H and O–H groups in total. The Morgan fingerprint density at radius 3 is 2.64 bits per heavy atom. The number of hydrogen-bond acceptors (Lipinski definition) is 3. The highest BCUT2D eigenvalue weighted by molar-refractivity contribution is 5.97. The van der Waals surface area contributed by atoms with Crippen LogP contribution >= 0.6 is 0 Å². The summed E-state index contributed by atoms with van der Waals surface area (Å²) in [4.78, 5) is 23.8. The molecule has 0 spiro atoms. The molecule has 2 aromatic heterocycles. The van der Waals surface area contributed by atoms with E-state index >= 15 is 0 Å². The number of hydrogen-bond donors (Lipinski definition) is 1. The second-order valence-electron chi connectivity index (χ2n) is 6.37. The van der Waals surface area contributed by atoms with Gasteiger partial charge in [-0.05, 0) is 44.0 Å². The van der Waals surface area contributed by atoms with E-state index in [-0.39, 0.29) is 6.03 Å². The lowest BCUT2D eigenvalue weighted by molar-refractivity contribution is 0.222. The summed E-state index contributed by atoms with van der Waals surface area (Å²) >= 11 is 0. The van der Waals surface area contributed by atoms with Crippen molar-refractivity contribution in [2.45, 2.75) is 19.8 Å². The highest BCUT2D eigenvalue weighted by Crippen LogP contribution is 2.29. The molecule has 3 heterocycles. The summed E-state index contributed by atoms with van der Waals surface area (Å²) in [5.74, 6) is 0. The molecule has 0 saturated carbocycles. The normalized spacial score (nSPS) is 14.0. The maximum absolute atomic E-state index is 12.6. The number of rotatable bonds is 2. The van der Waals surface area contributed by atoms with Crippen LogP contribution in [0.1, 0.15) is 18.5 Å². The van der Waals surface area contributed by atoms with Crippen molar-refractivity contribution in [1.82, 2.24) is 14.9 Å². The number of carbonyl (C=O) groups is 1. The van der Waals surface area contributed by atoms with Crippen LogP contribution in [0.5, 0.6) is 0 Å². The minimum Gasteiger partial charge on any atom is -0.325 e. The van der Waals surface area contributed by atoms with Crippen LogP contribution in [-0.2, 0) is 0 Å². The van der Waals surface area contributed by atoms with E-state index in [2.05, 4.69) is 10.3 Å². The Kier molecular flexibility index (Phi) is 4.06. The van der Waals surface area contributed by atoms with Gasteiger partial charge >= 0.3 is 6.03 Å². The van der Waals surface area contributed by atoms with Crippen LogP contribution < -0.4 is 5.32 Å². The Hall–Kier alpha value is -2.95. The van der Waals surface area contributed by atoms with Gasteiger partial charge in [0.05, 0.1) is 16.9 Å². The fourth-order valence-corrected chi connectivity index (χ4v) is 3.20. The summed E-state index contributed by atoms with van der Waals surface area (Å²) in [6.45, 7) is 3.57. The maximum Gasteiger partial charge on any atom is 0.321 e. The van der Waals surface area contributed by atoms with Gasteiger partial charge in [0.25, 0.3) is 0 Å². The number of amides is 2. The van der Waals surface area contributed by atoms with Gasteiger partial charge in [-0.15, -0.1) is 0 Å². The number of urea groups is 1. The zero-order chi connectivity index (χ0) is 17.2. The average molecular weight is 332 g/mol. The first-order valence-electron chi connectivity index (χ1n) is 8.60. The van der Waals surface area contributed by atoms with E-state index in [0.717, 1.165) is 48.2 Å². The molecule has 1 aliphatic heterocycles. The van der Waals surface area contributed by atoms with Crippen molar-refractivity contribution < 1.29 is 4.79 Å². The van der Waals surface area contributed by atoms with Crippen molar-refractivity contribution in [2.24, 2.45) is 0 Å². The van der Waals surface area contributed by atoms with Gasteiger partial charge in [-0.25, -0.2) is 9.78 Å². The van der Waals surface area contributed by atoms with Gasteiger partial charge in [0, 0.05) is 24.2 Å². The zero-order valence-electron chi connectivity index (χ0n) is 14.2. The Morgan fingerprint density at radius 1 is 1.04 bits per heavy atom. The zero-order valence-corrected chi connectivity index (χ0v) is 14.2. The monoisotopic (exact) mass is 332 g/mol. The van der Waals surface area contributed by atoms with E-state index in [1.54, 1.807) is 0 Å². The van der Waals surface area contributed by atoms with Crippen LogP contribution in [0.2, 0.25) is 0 Å². The third-order valence-electron chi connectivity index (χ3n) is 4.49. The van der Waals surface area contributed by atoms with Gasteiger partial charge in [-0.2, -0.15) is 0 Å². The highest BCUT2D eigenvalue weighted by Gasteiger charge is 2.20. The third-order valence-corrected chi connectivity index (χ3v) is 4.49. The third kappa shape index (κ3) is 3.18. The molecule has 126 valence electrons. The number of fused-ring (bicyclic) bond motifs is 1. The number of pyridine rings is 2. The van der Waals surface area contributed by atoms with Crippen LogP contribution in [-0.4, -0.2) is 34.0 Å². The molecule has 1 fully saturated rings. The maximum atomic E-state index is 12.6. The predicted molar refractivity (Wildman–Crippen MR) is 99.5 cm³/mol. The van der Waals surface area contributed by atoms with E-state index in [4.69, 9.17) is 4.98 Å². The lowest BCUT2D eigenvalue weighted by Crippen LogP contribution is -2.32. The molecule has 2 amide bonds. The number of carbonyl (C=O) groups excluding carboxylic acids is 1. The molecule has 1 saturated heterocycles. The molecule has 1 aliphatic rings. The summed E-state index contributed by atoms with van der Waals surface area (Å²) in [6.07, 6.45) is 2.13. The Balaban J connectivity index is 1.79. The molecule has 5 nitrogen and oxygen atoms in total. The highest BCUT2D eigenvalue weighted by atomic mass is 16.2. The van der Waals surface area contributed by atoms with Crippen molar-refractivity contribution in [3.05, 3.63) is 54.2 Å². The van der Waals surface area contributed by atoms with Gasteiger partial charge in [-0.1, -0.05) is 24.3 Å². The van der Waals surface area contributed by atoms with Crippen molar-refractivity contribution in [1.29, 1.82) is 0 Å². The molecule has 25 heavy (non-hydrogen) atoms. The number of likely N-dealkylation sites (tertiary alicyclic amines) is 1. The topological polar surface area (TPSA) is 58.1 Å². The number of anilines is 1. The predicted octanol–water partition coefficient (Wildman–Crippen LogP) is 4.23. The number of nitrogens with zero attached hydrogens (tertiary/aromatic N) is 3. The van der Waals surface area contributed by atoms with E-state index in [1.807, 2.05) is 60.4 Å². The van der Waals surface area contributed by atoms with Gasteiger partial charge in [0.1, 0.15) is 5.69 Å². The average Bonchev–Trinajstić information content (AvgIpc) is 3.16. The van der Waals surface area contributed by atoms with E-state index in [0.29, 0.717) is 11.4 Å². The standard InChI is InChI=1S/C20H20N4O/c1-14-7-6-10-17(21-14)19-18(23-20(25)24-11-4-5-12-24)13-15-8-2-3-9-16(15)22-19/h2-3,6-10,13H,4-5,11-12H2,1H3,(H,23,25). The van der Waals surface area contributed by atoms with Crippen LogP contribution in [0, 0.1) is 6.92 Å². The first-order chi connectivity index (χ1) is 12.2. The number of para-hydroxylation sites is 1. The van der Waals surface area contributed by atoms with E-state index < -0.39 is 0 Å². The van der Waals surface area contributed by atoms with Gasteiger partial charge in [-0.3, -0.25) is 4.98 Å². The molecular formula is C20H20N4O. The van der Waals surface area contributed by atoms with Crippen molar-refractivity contribution in [3.63, 3.8) is 0 Å². The molecule has 3 aromatic rings. The summed E-state index contributed by atoms with van der Waals surface area (Å²) < 4.78 is 0. The van der Waals surface area contributed by atoms with Crippen molar-refractivity contribution >= 4 is 22.6 Å². The SMILES string of the molecule is Cc1cccc(-c2nc3ccccc3cc2NC(=O)N2CCCC2)n1. The smallest absolute Gasteiger partial charge is 0.321 e. The molecule has 1 aromatic carbocycles. The summed E-state index contributed by atoms with van der Waals surface area (Å²) in [6, 6.07) is 15.7. The Bertz CT molecular complexity index is 932. The number of aromatic nitrogens is 2. The van der Waals surface area contributed by atoms with Crippen LogP contribution in [0.25, 0.3) is 22.3 Å². The Labute approximate surface area is 146 Å². The summed E-state index contributed by atoms with van der Waals surface area (Å²) in [5.41, 5.74) is 3.98. The number of nitrogens with one attached hydrogen (secondary N) is 1. The fraction of sp³-hybridized carbons (Fsp3) is 0.250. The molecule has 0 aliphatic carbocycles. The quantitative estimate of drug-likeness (QED) is 0.764. The van der Waals surface area contributed by atoms with Gasteiger partial charge < -0.3 is 10.2 Å². The molecule has 0 atom stereocenters. The van der Waals surface area contributed by atoms with Gasteiger partial charge in [0.2, 0.25) is 0 Å². The van der Waals surface area contributed by atoms with Crippen LogP contribution in [0.3, 0.4) is 0 Å². The minimum atomic E-state index is -0.0662.